The number of hydrogen-bond acceptors (Lipinski definition) is 6. The number of fused-ring (bicyclic) bond motifs is 1. The summed E-state index contributed by atoms with van der Waals surface area (Å²) in [5.41, 5.74) is 2.22. The van der Waals surface area contributed by atoms with E-state index in [9.17, 15) is 13.2 Å². The summed E-state index contributed by atoms with van der Waals surface area (Å²) in [5.74, 6) is -0.524. The SMILES string of the molecule is O=C(CC1CCc2ccccc2N1)NS(=O)(=O)c1cnn(C2CCOC2)c1. The minimum absolute atomic E-state index is 0.00954. The lowest BCUT2D eigenvalue weighted by Gasteiger charge is -2.26. The Morgan fingerprint density at radius 3 is 3.00 bits per heavy atom. The highest BCUT2D eigenvalue weighted by Crippen LogP contribution is 2.25. The second-order valence-corrected chi connectivity index (χ2v) is 8.63. The van der Waals surface area contributed by atoms with Gasteiger partial charge in [0.15, 0.2) is 0 Å². The summed E-state index contributed by atoms with van der Waals surface area (Å²) >= 11 is 0. The molecule has 1 saturated heterocycles. The van der Waals surface area contributed by atoms with Crippen LogP contribution in [0.1, 0.15) is 30.9 Å². The van der Waals surface area contributed by atoms with E-state index >= 15 is 0 Å². The summed E-state index contributed by atoms with van der Waals surface area (Å²) in [6, 6.07) is 7.89. The number of rotatable bonds is 5. The largest absolute Gasteiger partial charge is 0.382 e. The summed E-state index contributed by atoms with van der Waals surface area (Å²) in [6.45, 7) is 1.16. The molecule has 2 N–H and O–H groups in total. The van der Waals surface area contributed by atoms with Crippen LogP contribution in [0.15, 0.2) is 41.6 Å². The minimum Gasteiger partial charge on any atom is -0.382 e. The predicted molar refractivity (Wildman–Crippen MR) is 98.8 cm³/mol. The first-order valence-corrected chi connectivity index (χ1v) is 10.5. The van der Waals surface area contributed by atoms with Gasteiger partial charge in [0.1, 0.15) is 4.90 Å². The Hall–Kier alpha value is -2.39. The Balaban J connectivity index is 1.37. The van der Waals surface area contributed by atoms with Crippen molar-refractivity contribution in [2.24, 2.45) is 0 Å². The van der Waals surface area contributed by atoms with Crippen LogP contribution in [0.25, 0.3) is 0 Å². The molecule has 2 aromatic rings. The van der Waals surface area contributed by atoms with Crippen LogP contribution >= 0.6 is 0 Å². The average Bonchev–Trinajstić information content (AvgIpc) is 3.32. The summed E-state index contributed by atoms with van der Waals surface area (Å²) in [7, 11) is -3.93. The quantitative estimate of drug-likeness (QED) is 0.801. The monoisotopic (exact) mass is 390 g/mol. The molecule has 8 nitrogen and oxygen atoms in total. The zero-order valence-electron chi connectivity index (χ0n) is 14.8. The zero-order chi connectivity index (χ0) is 18.9. The fourth-order valence-electron chi connectivity index (χ4n) is 3.52. The molecule has 0 radical (unpaired) electrons. The van der Waals surface area contributed by atoms with Crippen molar-refractivity contribution in [3.63, 3.8) is 0 Å². The zero-order valence-corrected chi connectivity index (χ0v) is 15.6. The molecule has 0 aliphatic carbocycles. The van der Waals surface area contributed by atoms with Crippen molar-refractivity contribution in [2.45, 2.75) is 42.7 Å². The number of nitrogens with zero attached hydrogens (tertiary/aromatic N) is 2. The third kappa shape index (κ3) is 3.98. The number of anilines is 1. The van der Waals surface area contributed by atoms with Gasteiger partial charge in [-0.15, -0.1) is 0 Å². The van der Waals surface area contributed by atoms with Gasteiger partial charge in [0, 0.05) is 31.0 Å². The molecule has 1 amide bonds. The van der Waals surface area contributed by atoms with Crippen LogP contribution in [-0.4, -0.2) is 43.4 Å². The third-order valence-corrected chi connectivity index (χ3v) is 6.31. The number of carbonyl (C=O) groups excluding carboxylic acids is 1. The number of para-hydroxylation sites is 1. The van der Waals surface area contributed by atoms with Crippen molar-refractivity contribution in [3.8, 4) is 0 Å². The van der Waals surface area contributed by atoms with Crippen LogP contribution in [0.3, 0.4) is 0 Å². The van der Waals surface area contributed by atoms with E-state index in [1.807, 2.05) is 18.2 Å². The highest BCUT2D eigenvalue weighted by atomic mass is 32.2. The van der Waals surface area contributed by atoms with Crippen molar-refractivity contribution in [1.82, 2.24) is 14.5 Å². The van der Waals surface area contributed by atoms with E-state index in [-0.39, 0.29) is 23.4 Å². The van der Waals surface area contributed by atoms with E-state index < -0.39 is 15.9 Å². The van der Waals surface area contributed by atoms with Crippen LogP contribution in [-0.2, 0) is 26.0 Å². The molecule has 3 heterocycles. The van der Waals surface area contributed by atoms with Crippen LogP contribution in [0.4, 0.5) is 5.69 Å². The Morgan fingerprint density at radius 2 is 2.19 bits per heavy atom. The maximum atomic E-state index is 12.5. The van der Waals surface area contributed by atoms with Crippen LogP contribution in [0.2, 0.25) is 0 Å². The molecule has 2 aliphatic heterocycles. The van der Waals surface area contributed by atoms with Gasteiger partial charge in [-0.3, -0.25) is 9.48 Å². The van der Waals surface area contributed by atoms with E-state index in [1.165, 1.54) is 18.0 Å². The average molecular weight is 390 g/mol. The van der Waals surface area contributed by atoms with Gasteiger partial charge in [-0.25, -0.2) is 13.1 Å². The maximum Gasteiger partial charge on any atom is 0.267 e. The van der Waals surface area contributed by atoms with E-state index in [0.717, 1.165) is 24.9 Å². The van der Waals surface area contributed by atoms with Crippen molar-refractivity contribution in [2.75, 3.05) is 18.5 Å². The van der Waals surface area contributed by atoms with Gasteiger partial charge >= 0.3 is 0 Å². The molecule has 0 spiro atoms. The lowest BCUT2D eigenvalue weighted by atomic mass is 9.96. The molecule has 1 aromatic heterocycles. The first kappa shape index (κ1) is 18.0. The number of amides is 1. The lowest BCUT2D eigenvalue weighted by molar-refractivity contribution is -0.119. The maximum absolute atomic E-state index is 12.5. The van der Waals surface area contributed by atoms with Gasteiger partial charge in [0.05, 0.1) is 18.8 Å². The highest BCUT2D eigenvalue weighted by Gasteiger charge is 2.26. The van der Waals surface area contributed by atoms with Gasteiger partial charge in [-0.2, -0.15) is 5.10 Å². The van der Waals surface area contributed by atoms with Crippen molar-refractivity contribution in [1.29, 1.82) is 0 Å². The first-order valence-electron chi connectivity index (χ1n) is 9.03. The van der Waals surface area contributed by atoms with Gasteiger partial charge in [-0.1, -0.05) is 18.2 Å². The van der Waals surface area contributed by atoms with Crippen LogP contribution in [0.5, 0.6) is 0 Å². The first-order chi connectivity index (χ1) is 13.0. The molecular formula is C18H22N4O4S. The van der Waals surface area contributed by atoms with Gasteiger partial charge in [-0.05, 0) is 30.9 Å². The number of sulfonamides is 1. The molecule has 1 aromatic carbocycles. The molecule has 0 bridgehead atoms. The minimum atomic E-state index is -3.93. The van der Waals surface area contributed by atoms with Gasteiger partial charge in [0.25, 0.3) is 10.0 Å². The molecular weight excluding hydrogens is 368 g/mol. The molecule has 9 heteroatoms. The second kappa shape index (κ2) is 7.32. The van der Waals surface area contributed by atoms with Gasteiger partial charge in [0.2, 0.25) is 5.91 Å². The molecule has 4 rings (SSSR count). The number of aromatic nitrogens is 2. The number of benzene rings is 1. The second-order valence-electron chi connectivity index (χ2n) is 6.94. The standard InChI is InChI=1S/C18H22N4O4S/c23-18(9-14-6-5-13-3-1-2-4-17(13)20-14)21-27(24,25)16-10-19-22(11-16)15-7-8-26-12-15/h1-4,10-11,14-15,20H,5-9,12H2,(H,21,23). The molecule has 144 valence electrons. The van der Waals surface area contributed by atoms with E-state index in [2.05, 4.69) is 21.2 Å². The summed E-state index contributed by atoms with van der Waals surface area (Å²) < 4.78 is 34.0. The molecule has 0 saturated carbocycles. The van der Waals surface area contributed by atoms with Crippen molar-refractivity contribution < 1.29 is 17.9 Å². The molecule has 2 unspecified atom stereocenters. The Kier molecular flexibility index (Phi) is 4.88. The summed E-state index contributed by atoms with van der Waals surface area (Å²) in [6.07, 6.45) is 5.25. The summed E-state index contributed by atoms with van der Waals surface area (Å²) in [4.78, 5) is 12.3. The van der Waals surface area contributed by atoms with E-state index in [4.69, 9.17) is 4.74 Å². The van der Waals surface area contributed by atoms with Crippen LogP contribution in [0, 0.1) is 0 Å². The molecule has 2 aliphatic rings. The predicted octanol–water partition coefficient (Wildman–Crippen LogP) is 1.47. The third-order valence-electron chi connectivity index (χ3n) is 4.99. The normalized spacial score (nSPS) is 22.1. The lowest BCUT2D eigenvalue weighted by Crippen LogP contribution is -2.36. The smallest absolute Gasteiger partial charge is 0.267 e. The van der Waals surface area contributed by atoms with Gasteiger partial charge < -0.3 is 10.1 Å². The fourth-order valence-corrected chi connectivity index (χ4v) is 4.45. The van der Waals surface area contributed by atoms with Crippen LogP contribution < -0.4 is 10.0 Å². The highest BCUT2D eigenvalue weighted by molar-refractivity contribution is 7.90. The topological polar surface area (TPSA) is 102 Å². The van der Waals surface area contributed by atoms with E-state index in [0.29, 0.717) is 13.2 Å². The molecule has 2 atom stereocenters. The van der Waals surface area contributed by atoms with Crippen molar-refractivity contribution >= 4 is 21.6 Å². The Labute approximate surface area is 158 Å². The number of nitrogens with one attached hydrogen (secondary N) is 2. The Bertz CT molecular complexity index is 934. The molecule has 1 fully saturated rings. The number of carbonyl (C=O) groups is 1. The number of ether oxygens (including phenoxy) is 1. The van der Waals surface area contributed by atoms with Crippen molar-refractivity contribution in [3.05, 3.63) is 42.2 Å². The fraction of sp³-hybridized carbons (Fsp3) is 0.444. The number of hydrogen-bond donors (Lipinski definition) is 2. The summed E-state index contributed by atoms with van der Waals surface area (Å²) in [5, 5.41) is 7.41. The Morgan fingerprint density at radius 1 is 1.33 bits per heavy atom. The number of aryl methyl sites for hydroxylation is 1. The molecule has 27 heavy (non-hydrogen) atoms. The van der Waals surface area contributed by atoms with E-state index in [1.54, 1.807) is 4.68 Å².